The molecular weight excluding hydrogens is 380 g/mol. The van der Waals surface area contributed by atoms with Crippen LogP contribution in [0.2, 0.25) is 0 Å². The van der Waals surface area contributed by atoms with Gasteiger partial charge in [-0.25, -0.2) is 0 Å². The van der Waals surface area contributed by atoms with Crippen LogP contribution < -0.4 is 0 Å². The Balaban J connectivity index is 2.86. The van der Waals surface area contributed by atoms with Gasteiger partial charge >= 0.3 is 0 Å². The molecule has 0 aliphatic rings. The molecule has 0 aliphatic carbocycles. The van der Waals surface area contributed by atoms with Gasteiger partial charge in [0.1, 0.15) is 11.5 Å². The average Bonchev–Trinajstić information content (AvgIpc) is 2.49. The number of phenols is 2. The van der Waals surface area contributed by atoms with Crippen molar-refractivity contribution in [3.05, 3.63) is 57.6 Å². The third-order valence-electron chi connectivity index (χ3n) is 6.01. The third-order valence-corrected chi connectivity index (χ3v) is 6.01. The van der Waals surface area contributed by atoms with E-state index in [1.165, 1.54) is 0 Å². The normalized spacial score (nSPS) is 13.5. The molecule has 0 aromatic heterocycles. The molecule has 2 heteroatoms. The summed E-state index contributed by atoms with van der Waals surface area (Å²) in [6, 6.07) is 8.37. The van der Waals surface area contributed by atoms with Crippen LogP contribution in [0.3, 0.4) is 0 Å². The Morgan fingerprint density at radius 2 is 0.774 bits per heavy atom. The third kappa shape index (κ3) is 5.64. The lowest BCUT2D eigenvalue weighted by Crippen LogP contribution is -2.21. The summed E-state index contributed by atoms with van der Waals surface area (Å²) in [5.41, 5.74) is 5.98. The van der Waals surface area contributed by atoms with Crippen LogP contribution in [0.5, 0.6) is 11.5 Å². The molecule has 2 nitrogen and oxygen atoms in total. The van der Waals surface area contributed by atoms with Crippen LogP contribution in [0.15, 0.2) is 24.3 Å². The zero-order valence-electron chi connectivity index (χ0n) is 21.9. The summed E-state index contributed by atoms with van der Waals surface area (Å²) in [7, 11) is 0. The molecule has 0 amide bonds. The zero-order valence-corrected chi connectivity index (χ0v) is 21.9. The summed E-state index contributed by atoms with van der Waals surface area (Å²) >= 11 is 0. The van der Waals surface area contributed by atoms with Crippen molar-refractivity contribution >= 4 is 0 Å². The van der Waals surface area contributed by atoms with E-state index in [1.54, 1.807) is 0 Å². The molecule has 0 radical (unpaired) electrons. The van der Waals surface area contributed by atoms with Crippen molar-refractivity contribution < 1.29 is 10.2 Å². The van der Waals surface area contributed by atoms with Gasteiger partial charge in [-0.2, -0.15) is 0 Å². The quantitative estimate of drug-likeness (QED) is 0.515. The molecule has 0 unspecified atom stereocenters. The molecule has 0 saturated carbocycles. The van der Waals surface area contributed by atoms with Crippen LogP contribution in [0.4, 0.5) is 0 Å². The van der Waals surface area contributed by atoms with Gasteiger partial charge in [0.05, 0.1) is 0 Å². The van der Waals surface area contributed by atoms with Gasteiger partial charge in [0.2, 0.25) is 0 Å². The maximum absolute atomic E-state index is 11.1. The molecule has 2 aromatic rings. The van der Waals surface area contributed by atoms with Crippen molar-refractivity contribution in [2.75, 3.05) is 0 Å². The van der Waals surface area contributed by atoms with Gasteiger partial charge in [-0.15, -0.1) is 0 Å². The van der Waals surface area contributed by atoms with Crippen LogP contribution in [0.1, 0.15) is 116 Å². The van der Waals surface area contributed by atoms with E-state index in [-0.39, 0.29) is 21.7 Å². The number of aromatic hydroxyl groups is 2. The molecule has 2 aromatic carbocycles. The number of hydrogen-bond acceptors (Lipinski definition) is 2. The number of benzene rings is 2. The second kappa shape index (κ2) is 7.87. The van der Waals surface area contributed by atoms with Gasteiger partial charge in [0, 0.05) is 11.1 Å². The first-order valence-electron chi connectivity index (χ1n) is 11.5. The maximum Gasteiger partial charge on any atom is 0.119 e. The minimum Gasteiger partial charge on any atom is -0.508 e. The first-order valence-corrected chi connectivity index (χ1v) is 11.5. The molecule has 0 aliphatic heterocycles. The largest absolute Gasteiger partial charge is 0.508 e. The molecule has 2 rings (SSSR count). The van der Waals surface area contributed by atoms with Crippen molar-refractivity contribution in [1.82, 2.24) is 0 Å². The first kappa shape index (κ1) is 25.3. The lowest BCUT2D eigenvalue weighted by molar-refractivity contribution is 0.438. The Labute approximate surface area is 190 Å². The van der Waals surface area contributed by atoms with Crippen LogP contribution in [0.25, 0.3) is 0 Å². The van der Waals surface area contributed by atoms with Crippen molar-refractivity contribution in [3.8, 4) is 11.5 Å². The van der Waals surface area contributed by atoms with E-state index in [1.807, 2.05) is 12.1 Å². The van der Waals surface area contributed by atoms with Crippen LogP contribution in [-0.2, 0) is 28.1 Å². The Morgan fingerprint density at radius 3 is 1.00 bits per heavy atom. The van der Waals surface area contributed by atoms with E-state index >= 15 is 0 Å². The van der Waals surface area contributed by atoms with Crippen LogP contribution >= 0.6 is 0 Å². The molecule has 172 valence electrons. The van der Waals surface area contributed by atoms with Gasteiger partial charge in [-0.1, -0.05) is 95.2 Å². The van der Waals surface area contributed by atoms with E-state index < -0.39 is 0 Å². The van der Waals surface area contributed by atoms with Gasteiger partial charge < -0.3 is 10.2 Å². The fourth-order valence-electron chi connectivity index (χ4n) is 4.45. The Hall–Kier alpha value is -1.96. The Bertz CT molecular complexity index is 873. The SMILES string of the molecule is CC(C)(C)c1cc(O)c(C(C)(C)C)c(Cc2cc(C(C)(C)C)cc(O)c2C(C)(C)C)c1. The summed E-state index contributed by atoms with van der Waals surface area (Å²) < 4.78 is 0. The standard InChI is InChI=1S/C29H44O2/c1-26(2,3)20-14-18(24(22(30)16-20)28(7,8)9)13-19-15-21(27(4,5)6)17-23(31)25(19)29(10,11)12/h14-17,30-31H,13H2,1-12H3. The fraction of sp³-hybridized carbons (Fsp3) is 0.586. The lowest BCUT2D eigenvalue weighted by atomic mass is 9.74. The maximum atomic E-state index is 11.1. The van der Waals surface area contributed by atoms with Gasteiger partial charge in [0.25, 0.3) is 0 Å². The van der Waals surface area contributed by atoms with Crippen molar-refractivity contribution in [2.24, 2.45) is 0 Å². The summed E-state index contributed by atoms with van der Waals surface area (Å²) in [4.78, 5) is 0. The molecular formula is C29H44O2. The highest BCUT2D eigenvalue weighted by molar-refractivity contribution is 5.54. The highest BCUT2D eigenvalue weighted by atomic mass is 16.3. The van der Waals surface area contributed by atoms with E-state index in [9.17, 15) is 10.2 Å². The molecule has 0 atom stereocenters. The second-order valence-electron chi connectivity index (χ2n) is 13.2. The van der Waals surface area contributed by atoms with E-state index in [4.69, 9.17) is 0 Å². The predicted molar refractivity (Wildman–Crippen MR) is 134 cm³/mol. The summed E-state index contributed by atoms with van der Waals surface area (Å²) in [5.74, 6) is 0.729. The molecule has 2 N–H and O–H groups in total. The molecule has 0 saturated heterocycles. The fourth-order valence-corrected chi connectivity index (χ4v) is 4.45. The van der Waals surface area contributed by atoms with E-state index in [0.29, 0.717) is 17.9 Å². The lowest BCUT2D eigenvalue weighted by Gasteiger charge is -2.31. The highest BCUT2D eigenvalue weighted by Crippen LogP contribution is 2.42. The number of rotatable bonds is 2. The topological polar surface area (TPSA) is 40.5 Å². The number of phenolic OH excluding ortho intramolecular Hbond substituents is 2. The second-order valence-corrected chi connectivity index (χ2v) is 13.2. The van der Waals surface area contributed by atoms with Crippen LogP contribution in [-0.4, -0.2) is 10.2 Å². The van der Waals surface area contributed by atoms with Crippen molar-refractivity contribution in [2.45, 2.75) is 111 Å². The summed E-state index contributed by atoms with van der Waals surface area (Å²) in [6.07, 6.45) is 0.675. The smallest absolute Gasteiger partial charge is 0.119 e. The first-order chi connectivity index (χ1) is 13.7. The summed E-state index contributed by atoms with van der Waals surface area (Å²) in [6.45, 7) is 25.9. The zero-order chi connectivity index (χ0) is 24.2. The van der Waals surface area contributed by atoms with Gasteiger partial charge in [0.15, 0.2) is 0 Å². The molecule has 0 heterocycles. The average molecular weight is 425 g/mol. The van der Waals surface area contributed by atoms with Gasteiger partial charge in [-0.3, -0.25) is 0 Å². The molecule has 0 fully saturated rings. The van der Waals surface area contributed by atoms with Gasteiger partial charge in [-0.05, 0) is 62.5 Å². The Kier molecular flexibility index (Phi) is 6.42. The minimum absolute atomic E-state index is 0.0646. The number of hydrogen-bond donors (Lipinski definition) is 2. The Morgan fingerprint density at radius 1 is 0.484 bits per heavy atom. The van der Waals surface area contributed by atoms with Crippen molar-refractivity contribution in [1.29, 1.82) is 0 Å². The van der Waals surface area contributed by atoms with E-state index in [2.05, 4.69) is 95.2 Å². The minimum atomic E-state index is -0.193. The van der Waals surface area contributed by atoms with Crippen molar-refractivity contribution in [3.63, 3.8) is 0 Å². The highest BCUT2D eigenvalue weighted by Gasteiger charge is 2.29. The summed E-state index contributed by atoms with van der Waals surface area (Å²) in [5, 5.41) is 22.1. The van der Waals surface area contributed by atoms with Crippen LogP contribution in [0, 0.1) is 0 Å². The monoisotopic (exact) mass is 424 g/mol. The van der Waals surface area contributed by atoms with E-state index in [0.717, 1.165) is 33.4 Å². The molecule has 31 heavy (non-hydrogen) atoms. The predicted octanol–water partition coefficient (Wildman–Crippen LogP) is 7.88. The molecule has 0 spiro atoms. The molecule has 0 bridgehead atoms.